The van der Waals surface area contributed by atoms with Gasteiger partial charge in [0.1, 0.15) is 18.1 Å². The maximum atomic E-state index is 14.5. The monoisotopic (exact) mass is 743 g/mol. The van der Waals surface area contributed by atoms with Crippen LogP contribution in [0.1, 0.15) is 117 Å². The van der Waals surface area contributed by atoms with Crippen LogP contribution in [0, 0.1) is 5.92 Å². The molecule has 0 aromatic carbocycles. The highest BCUT2D eigenvalue weighted by atomic mass is 35.5. The highest BCUT2D eigenvalue weighted by Gasteiger charge is 2.41. The average Bonchev–Trinajstić information content (AvgIpc) is 3.07. The zero-order chi connectivity index (χ0) is 38.8. The molecule has 294 valence electrons. The minimum absolute atomic E-state index is 0.0433. The highest BCUT2D eigenvalue weighted by molar-refractivity contribution is 6.28. The molecule has 0 aliphatic carbocycles. The molecule has 4 atom stereocenters. The maximum absolute atomic E-state index is 14.5. The van der Waals surface area contributed by atoms with Crippen molar-refractivity contribution in [3.63, 3.8) is 0 Å². The summed E-state index contributed by atoms with van der Waals surface area (Å²) < 4.78 is 0. The number of carbonyl (C=O) groups excluding carboxylic acids is 5. The van der Waals surface area contributed by atoms with Gasteiger partial charge in [0.05, 0.1) is 11.9 Å². The van der Waals surface area contributed by atoms with Gasteiger partial charge in [-0.1, -0.05) is 59.3 Å². The third kappa shape index (κ3) is 20.7. The first-order chi connectivity index (χ1) is 24.2. The number of rotatable bonds is 30. The van der Waals surface area contributed by atoms with Gasteiger partial charge in [0.2, 0.25) is 23.6 Å². The van der Waals surface area contributed by atoms with Crippen LogP contribution in [0.15, 0.2) is 9.98 Å². The van der Waals surface area contributed by atoms with Crippen molar-refractivity contribution in [2.45, 2.75) is 141 Å². The first-order valence-corrected chi connectivity index (χ1v) is 18.9. The molecule has 17 heteroatoms. The van der Waals surface area contributed by atoms with E-state index in [9.17, 15) is 24.0 Å². The predicted molar refractivity (Wildman–Crippen MR) is 203 cm³/mol. The number of nitrogens with zero attached hydrogens (tertiary/aromatic N) is 3. The number of primary amides is 1. The third-order valence-electron chi connectivity index (χ3n) is 8.45. The molecule has 0 saturated heterocycles. The lowest BCUT2D eigenvalue weighted by atomic mass is 9.94. The number of hydrogen-bond acceptors (Lipinski definition) is 8. The normalized spacial score (nSPS) is 13.4. The van der Waals surface area contributed by atoms with Crippen molar-refractivity contribution in [3.05, 3.63) is 0 Å². The first-order valence-electron chi connectivity index (χ1n) is 18.3. The minimum Gasteiger partial charge on any atom is -0.370 e. The molecule has 0 heterocycles. The summed E-state index contributed by atoms with van der Waals surface area (Å²) in [5.41, 5.74) is 33.4. The van der Waals surface area contributed by atoms with Crippen LogP contribution in [0.2, 0.25) is 0 Å². The number of nitrogens with one attached hydrogen (secondary N) is 2. The molecule has 0 aromatic heterocycles. The van der Waals surface area contributed by atoms with Crippen LogP contribution < -0.4 is 45.0 Å². The topological polar surface area (TPSA) is 293 Å². The Morgan fingerprint density at radius 2 is 1.25 bits per heavy atom. The lowest BCUT2D eigenvalue weighted by molar-refractivity contribution is -0.150. The zero-order valence-corrected chi connectivity index (χ0v) is 31.8. The molecule has 0 saturated carbocycles. The number of halogens is 1. The molecule has 51 heavy (non-hydrogen) atoms. The Labute approximate surface area is 309 Å². The van der Waals surface area contributed by atoms with Gasteiger partial charge in [0.25, 0.3) is 0 Å². The van der Waals surface area contributed by atoms with Gasteiger partial charge in [-0.15, -0.1) is 11.6 Å². The molecule has 0 aromatic rings. The fourth-order valence-corrected chi connectivity index (χ4v) is 5.85. The van der Waals surface area contributed by atoms with Gasteiger partial charge in [0.15, 0.2) is 17.7 Å². The Morgan fingerprint density at radius 1 is 0.706 bits per heavy atom. The van der Waals surface area contributed by atoms with E-state index in [1.807, 2.05) is 0 Å². The molecular weight excluding hydrogens is 678 g/mol. The lowest BCUT2D eigenvalue weighted by Crippen LogP contribution is -2.62. The summed E-state index contributed by atoms with van der Waals surface area (Å²) in [7, 11) is 0. The molecule has 0 unspecified atom stereocenters. The van der Waals surface area contributed by atoms with Gasteiger partial charge in [0, 0.05) is 19.5 Å². The van der Waals surface area contributed by atoms with Crippen LogP contribution in [0.25, 0.3) is 0 Å². The van der Waals surface area contributed by atoms with E-state index < -0.39 is 59.5 Å². The van der Waals surface area contributed by atoms with Gasteiger partial charge < -0.3 is 49.9 Å². The molecule has 0 fully saturated rings. The number of amides is 4. The standard InChI is InChI=1S/C34H66ClN11O5/c1-4-5-6-7-8-9-10-18-28(48)44-24(15-13-20-42-33(38)39)31(50)45-29(23(2)3)32(51)46(25(27(47)22-35)16-11-12-19-36)26(30(37)49)17-14-21-43-34(40)41/h23-26,29H,4-22,36H2,1-3H3,(H2,37,49)(H,44,48)(H,45,50)(H4,38,39,42)(H4,40,41,43)/t24-,25-,26-,29-/m0/s1. The van der Waals surface area contributed by atoms with Gasteiger partial charge >= 0.3 is 0 Å². The molecule has 0 aliphatic rings. The Morgan fingerprint density at radius 3 is 1.76 bits per heavy atom. The number of aliphatic imine (C=N–C) groups is 2. The van der Waals surface area contributed by atoms with Crippen molar-refractivity contribution >= 4 is 52.9 Å². The van der Waals surface area contributed by atoms with Crippen LogP contribution in [-0.2, 0) is 24.0 Å². The first kappa shape index (κ1) is 47.3. The summed E-state index contributed by atoms with van der Waals surface area (Å²) in [5.74, 6) is -4.06. The highest BCUT2D eigenvalue weighted by Crippen LogP contribution is 2.22. The maximum Gasteiger partial charge on any atom is 0.246 e. The zero-order valence-electron chi connectivity index (χ0n) is 31.0. The van der Waals surface area contributed by atoms with E-state index in [1.165, 1.54) is 12.8 Å². The molecule has 4 amide bonds. The Kier molecular flexibility index (Phi) is 26.0. The summed E-state index contributed by atoms with van der Waals surface area (Å²) in [6.07, 6.45) is 9.56. The van der Waals surface area contributed by atoms with Crippen molar-refractivity contribution < 1.29 is 24.0 Å². The fraction of sp³-hybridized carbons (Fsp3) is 0.794. The Balaban J connectivity index is 6.40. The molecule has 14 N–H and O–H groups in total. The van der Waals surface area contributed by atoms with E-state index in [1.54, 1.807) is 13.8 Å². The summed E-state index contributed by atoms with van der Waals surface area (Å²) >= 11 is 6.02. The van der Waals surface area contributed by atoms with E-state index in [0.29, 0.717) is 32.2 Å². The summed E-state index contributed by atoms with van der Waals surface area (Å²) in [5, 5.41) is 5.62. The summed E-state index contributed by atoms with van der Waals surface area (Å²) in [6.45, 7) is 6.33. The van der Waals surface area contributed by atoms with Gasteiger partial charge in [-0.3, -0.25) is 34.0 Å². The van der Waals surface area contributed by atoms with Crippen molar-refractivity contribution in [2.75, 3.05) is 25.5 Å². The van der Waals surface area contributed by atoms with Crippen molar-refractivity contribution in [1.29, 1.82) is 0 Å². The SMILES string of the molecule is CCCCCCCCCC(=O)N[C@@H](CCCN=C(N)N)C(=O)N[C@H](C(=O)N([C@@H](CCCN=C(N)N)C(N)=O)[C@@H](CCCCN)C(=O)CCl)C(C)C. The molecular formula is C34H66ClN11O5. The second-order valence-electron chi connectivity index (χ2n) is 13.2. The summed E-state index contributed by atoms with van der Waals surface area (Å²) in [4.78, 5) is 76.7. The predicted octanol–water partition coefficient (Wildman–Crippen LogP) is 0.848. The number of hydrogen-bond donors (Lipinski definition) is 8. The molecule has 16 nitrogen and oxygen atoms in total. The summed E-state index contributed by atoms with van der Waals surface area (Å²) in [6, 6.07) is -4.55. The third-order valence-corrected chi connectivity index (χ3v) is 8.72. The minimum atomic E-state index is -1.24. The van der Waals surface area contributed by atoms with Crippen molar-refractivity contribution in [3.8, 4) is 0 Å². The second-order valence-corrected chi connectivity index (χ2v) is 13.5. The van der Waals surface area contributed by atoms with Crippen LogP contribution in [-0.4, -0.2) is 95.9 Å². The van der Waals surface area contributed by atoms with E-state index in [2.05, 4.69) is 27.5 Å². The van der Waals surface area contributed by atoms with Crippen LogP contribution in [0.3, 0.4) is 0 Å². The number of guanidine groups is 2. The average molecular weight is 744 g/mol. The van der Waals surface area contributed by atoms with Gasteiger partial charge in [-0.2, -0.15) is 0 Å². The van der Waals surface area contributed by atoms with Gasteiger partial charge in [-0.05, 0) is 63.8 Å². The van der Waals surface area contributed by atoms with Crippen LogP contribution in [0.5, 0.6) is 0 Å². The van der Waals surface area contributed by atoms with E-state index >= 15 is 0 Å². The second kappa shape index (κ2) is 28.0. The van der Waals surface area contributed by atoms with E-state index in [4.69, 9.17) is 46.0 Å². The van der Waals surface area contributed by atoms with Gasteiger partial charge in [-0.25, -0.2) is 0 Å². The van der Waals surface area contributed by atoms with Crippen molar-refractivity contribution in [2.24, 2.45) is 50.3 Å². The molecule has 0 bridgehead atoms. The molecule has 0 rings (SSSR count). The number of nitrogens with two attached hydrogens (primary N) is 6. The number of Topliss-reactive ketones (excluding diaryl/α,β-unsaturated/α-hetero) is 1. The van der Waals surface area contributed by atoms with Crippen molar-refractivity contribution in [1.82, 2.24) is 15.5 Å². The number of ketones is 1. The fourth-order valence-electron chi connectivity index (χ4n) is 5.67. The lowest BCUT2D eigenvalue weighted by Gasteiger charge is -2.39. The number of alkyl halides is 1. The largest absolute Gasteiger partial charge is 0.370 e. The smallest absolute Gasteiger partial charge is 0.246 e. The Hall–Kier alpha value is -3.66. The molecule has 0 spiro atoms. The quantitative estimate of drug-likeness (QED) is 0.0222. The number of unbranched alkanes of at least 4 members (excludes halogenated alkanes) is 7. The van der Waals surface area contributed by atoms with Crippen LogP contribution in [0.4, 0.5) is 0 Å². The Bertz CT molecular complexity index is 1110. The van der Waals surface area contributed by atoms with E-state index in [-0.39, 0.29) is 63.0 Å². The van der Waals surface area contributed by atoms with E-state index in [0.717, 1.165) is 30.6 Å². The molecule has 0 radical (unpaired) electrons. The van der Waals surface area contributed by atoms with Crippen LogP contribution >= 0.6 is 11.6 Å². The number of carbonyl (C=O) groups is 5. The molecule has 0 aliphatic heterocycles.